The Morgan fingerprint density at radius 3 is 2.53 bits per heavy atom. The van der Waals surface area contributed by atoms with Gasteiger partial charge in [0.1, 0.15) is 0 Å². The topological polar surface area (TPSA) is 23.5 Å². The van der Waals surface area contributed by atoms with Gasteiger partial charge in [-0.25, -0.2) is 0 Å². The first kappa shape index (κ1) is 12.8. The molecule has 1 aromatic carbocycles. The fourth-order valence-corrected chi connectivity index (χ4v) is 3.34. The maximum atomic E-state index is 9.50. The molecule has 0 bridgehead atoms. The van der Waals surface area contributed by atoms with Gasteiger partial charge in [0, 0.05) is 29.3 Å². The summed E-state index contributed by atoms with van der Waals surface area (Å²) in [7, 11) is 0. The second kappa shape index (κ2) is 5.32. The second-order valence-corrected chi connectivity index (χ2v) is 6.26. The molecule has 2 rings (SSSR count). The van der Waals surface area contributed by atoms with Crippen LogP contribution in [0, 0.1) is 0 Å². The summed E-state index contributed by atoms with van der Waals surface area (Å²) in [6.07, 6.45) is -0.377. The third-order valence-electron chi connectivity index (χ3n) is 3.59. The van der Waals surface area contributed by atoms with E-state index >= 15 is 0 Å². The molecule has 3 heteroatoms. The molecule has 0 saturated carbocycles. The van der Waals surface area contributed by atoms with E-state index in [4.69, 9.17) is 0 Å². The molecular weight excluding hydrogens is 230 g/mol. The maximum absolute atomic E-state index is 9.50. The lowest BCUT2D eigenvalue weighted by Crippen LogP contribution is -2.44. The highest BCUT2D eigenvalue weighted by atomic mass is 32.2. The van der Waals surface area contributed by atoms with Crippen LogP contribution in [0.25, 0.3) is 0 Å². The Balaban J connectivity index is 2.16. The van der Waals surface area contributed by atoms with Crippen LogP contribution in [0.5, 0.6) is 0 Å². The molecule has 3 unspecified atom stereocenters. The smallest absolute Gasteiger partial charge is 0.0761 e. The highest BCUT2D eigenvalue weighted by Gasteiger charge is 2.25. The Labute approximate surface area is 108 Å². The van der Waals surface area contributed by atoms with Gasteiger partial charge in [0.15, 0.2) is 0 Å². The van der Waals surface area contributed by atoms with Gasteiger partial charge in [-0.3, -0.25) is 0 Å². The SMILES string of the molecule is CC(O)c1ccc(N2CCSC(C)C2C)cc1. The quantitative estimate of drug-likeness (QED) is 0.874. The van der Waals surface area contributed by atoms with Crippen LogP contribution < -0.4 is 4.90 Å². The van der Waals surface area contributed by atoms with E-state index in [0.717, 1.165) is 12.1 Å². The molecule has 2 nitrogen and oxygen atoms in total. The zero-order valence-electron chi connectivity index (χ0n) is 10.8. The Bertz CT molecular complexity index is 363. The third-order valence-corrected chi connectivity index (χ3v) is 4.93. The van der Waals surface area contributed by atoms with Gasteiger partial charge in [-0.2, -0.15) is 11.8 Å². The normalized spacial score (nSPS) is 26.9. The van der Waals surface area contributed by atoms with Crippen molar-refractivity contribution in [2.45, 2.75) is 38.2 Å². The van der Waals surface area contributed by atoms with E-state index in [0.29, 0.717) is 11.3 Å². The van der Waals surface area contributed by atoms with E-state index in [1.165, 1.54) is 11.4 Å². The van der Waals surface area contributed by atoms with Crippen molar-refractivity contribution in [3.05, 3.63) is 29.8 Å². The fourth-order valence-electron chi connectivity index (χ4n) is 2.24. The molecule has 1 aliphatic rings. The molecule has 1 N–H and O–H groups in total. The van der Waals surface area contributed by atoms with Gasteiger partial charge >= 0.3 is 0 Å². The van der Waals surface area contributed by atoms with E-state index in [2.05, 4.69) is 42.6 Å². The van der Waals surface area contributed by atoms with Crippen LogP contribution in [0.1, 0.15) is 32.4 Å². The molecule has 94 valence electrons. The second-order valence-electron chi connectivity index (χ2n) is 4.78. The van der Waals surface area contributed by atoms with E-state index in [9.17, 15) is 5.11 Å². The predicted octanol–water partition coefficient (Wildman–Crippen LogP) is 3.07. The minimum absolute atomic E-state index is 0.377. The van der Waals surface area contributed by atoms with Crippen molar-refractivity contribution < 1.29 is 5.11 Å². The summed E-state index contributed by atoms with van der Waals surface area (Å²) in [5.74, 6) is 1.20. The molecule has 1 aromatic rings. The molecule has 1 fully saturated rings. The number of benzene rings is 1. The summed E-state index contributed by atoms with van der Waals surface area (Å²) in [6.45, 7) is 7.51. The molecule has 0 radical (unpaired) electrons. The van der Waals surface area contributed by atoms with Gasteiger partial charge in [-0.05, 0) is 31.5 Å². The number of hydrogen-bond acceptors (Lipinski definition) is 3. The largest absolute Gasteiger partial charge is 0.389 e. The van der Waals surface area contributed by atoms with Gasteiger partial charge in [-0.15, -0.1) is 0 Å². The summed E-state index contributed by atoms with van der Waals surface area (Å²) < 4.78 is 0. The molecule has 1 aliphatic heterocycles. The molecule has 0 aromatic heterocycles. The van der Waals surface area contributed by atoms with E-state index < -0.39 is 0 Å². The first-order valence-corrected chi connectivity index (χ1v) is 7.30. The Morgan fingerprint density at radius 1 is 1.29 bits per heavy atom. The van der Waals surface area contributed by atoms with Gasteiger partial charge < -0.3 is 10.0 Å². The Kier molecular flexibility index (Phi) is 4.00. The van der Waals surface area contributed by atoms with Crippen molar-refractivity contribution in [3.8, 4) is 0 Å². The van der Waals surface area contributed by atoms with Crippen molar-refractivity contribution in [3.63, 3.8) is 0 Å². The Hall–Kier alpha value is -0.670. The van der Waals surface area contributed by atoms with Crippen LogP contribution >= 0.6 is 11.8 Å². The van der Waals surface area contributed by atoms with Crippen LogP contribution in [-0.2, 0) is 0 Å². The van der Waals surface area contributed by atoms with Crippen LogP contribution in [0.4, 0.5) is 5.69 Å². The molecule has 3 atom stereocenters. The molecule has 1 heterocycles. The van der Waals surface area contributed by atoms with E-state index in [-0.39, 0.29) is 6.10 Å². The average molecular weight is 251 g/mol. The first-order valence-electron chi connectivity index (χ1n) is 6.26. The maximum Gasteiger partial charge on any atom is 0.0761 e. The minimum atomic E-state index is -0.377. The van der Waals surface area contributed by atoms with Crippen molar-refractivity contribution in [1.82, 2.24) is 0 Å². The average Bonchev–Trinajstić information content (AvgIpc) is 2.33. The van der Waals surface area contributed by atoms with Crippen molar-refractivity contribution >= 4 is 17.4 Å². The summed E-state index contributed by atoms with van der Waals surface area (Å²) in [6, 6.07) is 8.88. The minimum Gasteiger partial charge on any atom is -0.389 e. The van der Waals surface area contributed by atoms with E-state index in [1.54, 1.807) is 6.92 Å². The molecular formula is C14H21NOS. The summed E-state index contributed by atoms with van der Waals surface area (Å²) in [5.41, 5.74) is 2.26. The van der Waals surface area contributed by atoms with Crippen LogP contribution in [0.3, 0.4) is 0 Å². The van der Waals surface area contributed by atoms with Crippen molar-refractivity contribution in [2.75, 3.05) is 17.2 Å². The van der Waals surface area contributed by atoms with Gasteiger partial charge in [0.2, 0.25) is 0 Å². The number of hydrogen-bond donors (Lipinski definition) is 1. The van der Waals surface area contributed by atoms with Crippen LogP contribution in [-0.4, -0.2) is 28.7 Å². The number of aliphatic hydroxyl groups is 1. The Morgan fingerprint density at radius 2 is 1.94 bits per heavy atom. The zero-order chi connectivity index (χ0) is 12.4. The number of aliphatic hydroxyl groups excluding tert-OH is 1. The zero-order valence-corrected chi connectivity index (χ0v) is 11.6. The molecule has 0 aliphatic carbocycles. The fraction of sp³-hybridized carbons (Fsp3) is 0.571. The van der Waals surface area contributed by atoms with Crippen molar-refractivity contribution in [1.29, 1.82) is 0 Å². The number of thioether (sulfide) groups is 1. The molecule has 0 amide bonds. The standard InChI is InChI=1S/C14H21NOS/c1-10-12(3)17-9-8-15(10)14-6-4-13(5-7-14)11(2)16/h4-7,10-12,16H,8-9H2,1-3H3. The predicted molar refractivity (Wildman–Crippen MR) is 75.8 cm³/mol. The lowest BCUT2D eigenvalue weighted by molar-refractivity contribution is 0.199. The molecule has 1 saturated heterocycles. The summed E-state index contributed by atoms with van der Waals surface area (Å²) in [4.78, 5) is 2.47. The lowest BCUT2D eigenvalue weighted by Gasteiger charge is -2.39. The molecule has 0 spiro atoms. The highest BCUT2D eigenvalue weighted by molar-refractivity contribution is 8.00. The van der Waals surface area contributed by atoms with Crippen molar-refractivity contribution in [2.24, 2.45) is 0 Å². The van der Waals surface area contributed by atoms with Gasteiger partial charge in [0.25, 0.3) is 0 Å². The monoisotopic (exact) mass is 251 g/mol. The lowest BCUT2D eigenvalue weighted by atomic mass is 10.1. The third kappa shape index (κ3) is 2.78. The van der Waals surface area contributed by atoms with Crippen LogP contribution in [0.15, 0.2) is 24.3 Å². The van der Waals surface area contributed by atoms with E-state index in [1.807, 2.05) is 12.1 Å². The highest BCUT2D eigenvalue weighted by Crippen LogP contribution is 2.29. The van der Waals surface area contributed by atoms with Crippen LogP contribution in [0.2, 0.25) is 0 Å². The number of nitrogens with zero attached hydrogens (tertiary/aromatic N) is 1. The number of anilines is 1. The van der Waals surface area contributed by atoms with Gasteiger partial charge in [-0.1, -0.05) is 19.1 Å². The summed E-state index contributed by atoms with van der Waals surface area (Å²) in [5, 5.41) is 10.2. The molecule has 17 heavy (non-hydrogen) atoms. The first-order chi connectivity index (χ1) is 8.09. The summed E-state index contributed by atoms with van der Waals surface area (Å²) >= 11 is 2.05. The van der Waals surface area contributed by atoms with Gasteiger partial charge in [0.05, 0.1) is 6.10 Å². The number of rotatable bonds is 2.